The van der Waals surface area contributed by atoms with Crippen molar-refractivity contribution in [1.29, 1.82) is 0 Å². The Morgan fingerprint density at radius 2 is 1.93 bits per heavy atom. The fourth-order valence-corrected chi connectivity index (χ4v) is 6.13. The van der Waals surface area contributed by atoms with E-state index in [-0.39, 0.29) is 39.6 Å². The number of carbonyl (C=O) groups is 2. The quantitative estimate of drug-likeness (QED) is 0.265. The van der Waals surface area contributed by atoms with Crippen molar-refractivity contribution < 1.29 is 32.6 Å². The van der Waals surface area contributed by atoms with Crippen LogP contribution in [0.2, 0.25) is 5.02 Å². The molecule has 6 rings (SSSR count). The van der Waals surface area contributed by atoms with Gasteiger partial charge in [-0.25, -0.2) is 14.4 Å². The summed E-state index contributed by atoms with van der Waals surface area (Å²) in [6.07, 6.45) is 1.64. The van der Waals surface area contributed by atoms with E-state index in [0.717, 1.165) is 6.07 Å². The lowest BCUT2D eigenvalue weighted by atomic mass is 9.92. The molecule has 0 unspecified atom stereocenters. The first-order valence-electron chi connectivity index (χ1n) is 14.3. The largest absolute Gasteiger partial charge is 0.504 e. The van der Waals surface area contributed by atoms with Crippen LogP contribution in [0.1, 0.15) is 37.0 Å². The predicted molar refractivity (Wildman–Crippen MR) is 162 cm³/mol. The van der Waals surface area contributed by atoms with E-state index < -0.39 is 63.4 Å². The Labute approximate surface area is 264 Å². The van der Waals surface area contributed by atoms with Crippen molar-refractivity contribution in [1.82, 2.24) is 19.1 Å². The van der Waals surface area contributed by atoms with Crippen LogP contribution in [0.15, 0.2) is 23.1 Å². The van der Waals surface area contributed by atoms with Crippen LogP contribution < -0.4 is 21.5 Å². The molecular formula is C30H29ClF3N7O5. The molecule has 1 atom stereocenters. The zero-order valence-electron chi connectivity index (χ0n) is 25.0. The van der Waals surface area contributed by atoms with Gasteiger partial charge in [0.2, 0.25) is 17.7 Å². The molecule has 2 amide bonds. The van der Waals surface area contributed by atoms with Crippen molar-refractivity contribution in [3.63, 3.8) is 0 Å². The molecule has 3 aromatic heterocycles. The van der Waals surface area contributed by atoms with E-state index >= 15 is 4.39 Å². The number of aromatic hydroxyl groups is 1. The molecule has 1 fully saturated rings. The average Bonchev–Trinajstić information content (AvgIpc) is 3.50. The first kappa shape index (κ1) is 31.4. The second-order valence-electron chi connectivity index (χ2n) is 12.2. The van der Waals surface area contributed by atoms with Crippen molar-refractivity contribution in [2.75, 3.05) is 30.0 Å². The Morgan fingerprint density at radius 1 is 1.20 bits per heavy atom. The summed E-state index contributed by atoms with van der Waals surface area (Å²) < 4.78 is 53.0. The fraction of sp³-hybridized carbons (Fsp3) is 0.367. The maximum atomic E-state index is 15.3. The van der Waals surface area contributed by atoms with Gasteiger partial charge >= 0.3 is 0 Å². The summed E-state index contributed by atoms with van der Waals surface area (Å²) in [5.41, 5.74) is 2.86. The maximum absolute atomic E-state index is 15.3. The minimum atomic E-state index is -1.74. The van der Waals surface area contributed by atoms with Gasteiger partial charge < -0.3 is 30.4 Å². The van der Waals surface area contributed by atoms with E-state index in [1.807, 2.05) is 25.7 Å². The third-order valence-electron chi connectivity index (χ3n) is 8.17. The van der Waals surface area contributed by atoms with E-state index in [9.17, 15) is 28.3 Å². The Kier molecular flexibility index (Phi) is 7.71. The summed E-state index contributed by atoms with van der Waals surface area (Å²) in [6.45, 7) is 6.78. The molecule has 46 heavy (non-hydrogen) atoms. The van der Waals surface area contributed by atoms with Crippen LogP contribution in [0.4, 0.5) is 24.7 Å². The number of aromatic nitrogens is 4. The SMILES string of the molecule is C[C@H]1COCCN1c1cc(NC(=O)Cn2cc(-c3cc(C(N)=O)c(O)c(F)c3F)c3c(=O)n4c(nc32)CC(C)(C)C4)c(Cl)c(F)n1. The summed E-state index contributed by atoms with van der Waals surface area (Å²) in [5, 5.41) is 12.0. The fourth-order valence-electron chi connectivity index (χ4n) is 5.98. The molecule has 12 nitrogen and oxygen atoms in total. The normalized spacial score (nSPS) is 17.4. The van der Waals surface area contributed by atoms with E-state index in [1.165, 1.54) is 21.4 Å². The standard InChI is InChI=1S/C30H29ClF3N7O5/c1-13-11-46-5-4-40(13)18-7-17(22(31)26(34)37-18)36-20(42)10-39-9-16(14-6-15(27(35)44)25(43)24(33)23(14)32)21-28(39)38-19-8-30(2,3)12-41(19)29(21)45/h6-7,9,13,43H,4-5,8,10-12H2,1-3H3,(H2,35,44)(H,36,37,42)/t13-/m0/s1. The van der Waals surface area contributed by atoms with Crippen LogP contribution in [0, 0.1) is 23.0 Å². The van der Waals surface area contributed by atoms with E-state index in [1.54, 1.807) is 0 Å². The maximum Gasteiger partial charge on any atom is 0.263 e. The number of halogens is 4. The molecule has 4 N–H and O–H groups in total. The van der Waals surface area contributed by atoms with Crippen LogP contribution >= 0.6 is 11.6 Å². The number of phenols is 1. The smallest absolute Gasteiger partial charge is 0.263 e. The van der Waals surface area contributed by atoms with Crippen molar-refractivity contribution in [2.24, 2.45) is 11.1 Å². The monoisotopic (exact) mass is 659 g/mol. The highest BCUT2D eigenvalue weighted by Gasteiger charge is 2.34. The highest BCUT2D eigenvalue weighted by Crippen LogP contribution is 2.38. The summed E-state index contributed by atoms with van der Waals surface area (Å²) in [7, 11) is 0. The number of nitrogens with zero attached hydrogens (tertiary/aromatic N) is 5. The Bertz CT molecular complexity index is 2010. The number of pyridine rings is 1. The zero-order chi connectivity index (χ0) is 33.2. The van der Waals surface area contributed by atoms with Crippen molar-refractivity contribution in [3.8, 4) is 16.9 Å². The van der Waals surface area contributed by atoms with Gasteiger partial charge in [0.1, 0.15) is 28.9 Å². The lowest BCUT2D eigenvalue weighted by Gasteiger charge is -2.34. The molecule has 5 heterocycles. The van der Waals surface area contributed by atoms with Crippen LogP contribution in [0.3, 0.4) is 0 Å². The number of morpholine rings is 1. The number of hydrogen-bond acceptors (Lipinski definition) is 8. The number of carbonyl (C=O) groups excluding carboxylic acids is 2. The number of hydrogen-bond donors (Lipinski definition) is 3. The minimum absolute atomic E-state index is 0.0116. The molecule has 0 spiro atoms. The Morgan fingerprint density at radius 3 is 2.63 bits per heavy atom. The molecule has 1 saturated heterocycles. The molecule has 16 heteroatoms. The summed E-state index contributed by atoms with van der Waals surface area (Å²) in [5.74, 6) is -6.83. The van der Waals surface area contributed by atoms with Crippen molar-refractivity contribution in [3.05, 3.63) is 62.7 Å². The number of rotatable bonds is 6. The van der Waals surface area contributed by atoms with E-state index in [2.05, 4.69) is 15.3 Å². The number of nitrogens with two attached hydrogens (primary N) is 1. The van der Waals surface area contributed by atoms with Gasteiger partial charge in [0.05, 0.1) is 35.9 Å². The number of anilines is 2. The molecule has 0 saturated carbocycles. The number of fused-ring (bicyclic) bond motifs is 2. The molecule has 242 valence electrons. The molecule has 2 aliphatic rings. The van der Waals surface area contributed by atoms with E-state index in [4.69, 9.17) is 22.1 Å². The van der Waals surface area contributed by atoms with Crippen molar-refractivity contribution >= 4 is 46.0 Å². The van der Waals surface area contributed by atoms with Gasteiger partial charge in [-0.3, -0.25) is 19.0 Å². The summed E-state index contributed by atoms with van der Waals surface area (Å²) in [6, 6.07) is 2.15. The number of ether oxygens (including phenoxy) is 1. The Hall–Kier alpha value is -4.63. The lowest BCUT2D eigenvalue weighted by molar-refractivity contribution is -0.116. The van der Waals surface area contributed by atoms with Gasteiger partial charge in [0.15, 0.2) is 11.6 Å². The number of nitrogens with one attached hydrogen (secondary N) is 1. The molecule has 0 bridgehead atoms. The van der Waals surface area contributed by atoms with Crippen LogP contribution in [0.5, 0.6) is 5.75 Å². The predicted octanol–water partition coefficient (Wildman–Crippen LogP) is 3.58. The average molecular weight is 660 g/mol. The van der Waals surface area contributed by atoms with Crippen LogP contribution in [-0.4, -0.2) is 61.8 Å². The second-order valence-corrected chi connectivity index (χ2v) is 12.6. The summed E-state index contributed by atoms with van der Waals surface area (Å²) in [4.78, 5) is 49.6. The van der Waals surface area contributed by atoms with Gasteiger partial charge in [-0.15, -0.1) is 0 Å². The van der Waals surface area contributed by atoms with Crippen LogP contribution in [-0.2, 0) is 29.0 Å². The third-order valence-corrected chi connectivity index (χ3v) is 8.53. The number of primary amides is 1. The topological polar surface area (TPSA) is 158 Å². The number of amides is 2. The van der Waals surface area contributed by atoms with Gasteiger partial charge in [-0.05, 0) is 18.4 Å². The third kappa shape index (κ3) is 5.32. The summed E-state index contributed by atoms with van der Waals surface area (Å²) >= 11 is 6.17. The number of benzene rings is 1. The molecule has 1 aromatic carbocycles. The molecule has 0 radical (unpaired) electrons. The zero-order valence-corrected chi connectivity index (χ0v) is 25.7. The molecular weight excluding hydrogens is 631 g/mol. The highest BCUT2D eigenvalue weighted by molar-refractivity contribution is 6.33. The minimum Gasteiger partial charge on any atom is -0.504 e. The van der Waals surface area contributed by atoms with Gasteiger partial charge in [0.25, 0.3) is 11.5 Å². The molecule has 0 aliphatic carbocycles. The first-order chi connectivity index (χ1) is 21.7. The first-order valence-corrected chi connectivity index (χ1v) is 14.7. The van der Waals surface area contributed by atoms with Crippen LogP contribution in [0.25, 0.3) is 22.2 Å². The van der Waals surface area contributed by atoms with Gasteiger partial charge in [-0.1, -0.05) is 25.4 Å². The second kappa shape index (κ2) is 11.3. The van der Waals surface area contributed by atoms with Crippen molar-refractivity contribution in [2.45, 2.75) is 46.3 Å². The highest BCUT2D eigenvalue weighted by atomic mass is 35.5. The van der Waals surface area contributed by atoms with Gasteiger partial charge in [0, 0.05) is 42.9 Å². The lowest BCUT2D eigenvalue weighted by Crippen LogP contribution is -2.44. The van der Waals surface area contributed by atoms with E-state index in [0.29, 0.717) is 38.5 Å². The van der Waals surface area contributed by atoms with Gasteiger partial charge in [-0.2, -0.15) is 8.78 Å². The molecule has 4 aromatic rings. The Balaban J connectivity index is 1.44. The molecule has 2 aliphatic heterocycles.